The van der Waals surface area contributed by atoms with Gasteiger partial charge in [-0.3, -0.25) is 34.7 Å². The van der Waals surface area contributed by atoms with Gasteiger partial charge in [-0.15, -0.1) is 68.0 Å². The standard InChI is InChI=1S/C18H15FN4O2S.C18H15N5S.C18H16N4O3S.C17H13ClN4O2S.C17H13ClN4OS.C17H11FN4O2S/c1-9-5-6-12(25-9)16-22-15(20)10-8-13(26-17(10)23-16)18(2,24)14-11(19)4-3-7-21-14;1-11-8-12(5-7-20-11)17-22-16(19)15-10-14(24-18(15)23-17)9-13-4-2-3-6-21-13;1-9-5-6-12(25-9)17-21-16(19)10-8-13(26-18(10)22-17)15(23)14-11(24-2)4-3-7-20-14;1-8-4-5-11(24-8)16-21-15(19)9-7-12(25-17(9)22-16)14(23)13-10(18)3-2-6-20-13;1-9-4-5-14(23-9)16-21-15(19)11-7-10(24-17(11)22-16)8-13-12(18)3-2-6-20-13;1-8-4-5-11(24-8)16-21-15(19)9-7-12(25-17(9)22-16)14(23)13-10(18)3-2-6-20-13/h3-8,24H,1-2H3,(H2,20,22,23);2-8,10H,9H2,1H3,(H2,19,22,23);3-8,15,23H,1-2H3,(H2,19,21,22);2-7,14,23H,1H3,(H2,19,21,22);2-7H,8H2,1H3,(H2,19,21,22);2-7H,1H3,(H2,19,21,22). The lowest BCUT2D eigenvalue weighted by Gasteiger charge is -2.21. The number of aryl methyl sites for hydroxylation is 6. The van der Waals surface area contributed by atoms with E-state index in [0.29, 0.717) is 181 Å². The number of aromatic nitrogens is 19. The molecule has 24 aromatic rings. The topological polar surface area (TPSA) is 554 Å². The van der Waals surface area contributed by atoms with E-state index in [2.05, 4.69) is 101 Å². The number of aliphatic hydroxyl groups is 3. The van der Waals surface area contributed by atoms with Crippen LogP contribution in [-0.4, -0.2) is 123 Å². The maximum Gasteiger partial charge on any atom is 0.224 e. The minimum Gasteiger partial charge on any atom is -0.495 e. The van der Waals surface area contributed by atoms with E-state index in [4.69, 9.17) is 84.4 Å². The van der Waals surface area contributed by atoms with Gasteiger partial charge >= 0.3 is 0 Å². The van der Waals surface area contributed by atoms with Gasteiger partial charge in [0.15, 0.2) is 69.6 Å². The average Bonchev–Trinajstić information content (AvgIpc) is 1.65. The highest BCUT2D eigenvalue weighted by Gasteiger charge is 2.34. The van der Waals surface area contributed by atoms with E-state index in [1.807, 2.05) is 120 Å². The number of hydrogen-bond donors (Lipinski definition) is 9. The quantitative estimate of drug-likeness (QED) is 0.0340. The van der Waals surface area contributed by atoms with Crippen LogP contribution in [-0.2, 0) is 18.4 Å². The van der Waals surface area contributed by atoms with Crippen molar-refractivity contribution in [3.05, 3.63) is 351 Å². The SMILES string of the molecule is COc1cccnc1C(O)c1cc2c(N)nc(-c3ccc(C)o3)nc2s1.Cc1cc(-c2nc(N)c3cc(Cc4ccccn4)sc3n2)ccn1.Cc1ccc(-c2nc(N)c3cc(C(=O)c4ncccc4F)sc3n2)o1.Cc1ccc(-c2nc(N)c3cc(C(C)(O)c4ncccc4F)sc3n2)o1.Cc1ccc(-c2nc(N)c3cc(C(O)c4ncccc4Cl)sc3n2)o1.Cc1ccc(-c2nc(N)c3cc(Cc4ncccc4Cl)sc3n2)o1. The number of hydrogen-bond acceptors (Lipinski definition) is 41. The number of ether oxygens (including phenoxy) is 1. The maximum atomic E-state index is 14.1. The van der Waals surface area contributed by atoms with Gasteiger partial charge in [0.1, 0.15) is 139 Å². The number of anilines is 6. The number of pyridine rings is 7. The fourth-order valence-electron chi connectivity index (χ4n) is 15.3. The fraction of sp³-hybridized carbons (Fsp3) is 0.124. The zero-order valence-electron chi connectivity index (χ0n) is 80.1. The number of halogens is 4. The molecule has 0 spiro atoms. The summed E-state index contributed by atoms with van der Waals surface area (Å²) in [5, 5.41) is 37.6. The molecule has 0 saturated carbocycles. The molecule has 752 valence electrons. The Kier molecular flexibility index (Phi) is 29.7. The van der Waals surface area contributed by atoms with Crippen LogP contribution in [0.2, 0.25) is 10.0 Å². The van der Waals surface area contributed by atoms with E-state index < -0.39 is 35.2 Å². The summed E-state index contributed by atoms with van der Waals surface area (Å²) in [6.07, 6.45) is 10.8. The lowest BCUT2D eigenvalue weighted by molar-refractivity contribution is 0.0966. The summed E-state index contributed by atoms with van der Waals surface area (Å²) in [5.41, 5.74) is 39.2. The molecule has 0 saturated heterocycles. The molecule has 0 amide bonds. The zero-order chi connectivity index (χ0) is 105. The molecule has 35 nitrogen and oxygen atoms in total. The van der Waals surface area contributed by atoms with E-state index in [1.165, 1.54) is 82.5 Å². The molecule has 0 radical (unpaired) electrons. The molecule has 0 aliphatic heterocycles. The second-order valence-electron chi connectivity index (χ2n) is 33.5. The van der Waals surface area contributed by atoms with Gasteiger partial charge in [0.05, 0.1) is 65.7 Å². The number of nitrogens with two attached hydrogens (primary N) is 6. The van der Waals surface area contributed by atoms with Crippen LogP contribution in [0, 0.1) is 53.2 Å². The number of rotatable bonds is 19. The second kappa shape index (κ2) is 43.7. The molecule has 24 rings (SSSR count). The van der Waals surface area contributed by atoms with Crippen LogP contribution in [0.3, 0.4) is 0 Å². The average molecular weight is 2160 g/mol. The molecule has 15 N–H and O–H groups in total. The van der Waals surface area contributed by atoms with Crippen molar-refractivity contribution in [3.63, 3.8) is 0 Å². The maximum absolute atomic E-state index is 14.1. The Balaban J connectivity index is 0.000000113. The first-order valence-corrected chi connectivity index (χ1v) is 51.0. The van der Waals surface area contributed by atoms with Gasteiger partial charge in [0.25, 0.3) is 0 Å². The molecule has 0 bridgehead atoms. The predicted molar refractivity (Wildman–Crippen MR) is 579 cm³/mol. The molecular weight excluding hydrogens is 2070 g/mol. The Hall–Kier alpha value is -16.7. The van der Waals surface area contributed by atoms with E-state index in [1.54, 1.807) is 140 Å². The summed E-state index contributed by atoms with van der Waals surface area (Å²) in [7, 11) is 1.54. The summed E-state index contributed by atoms with van der Waals surface area (Å²) >= 11 is 20.5. The highest BCUT2D eigenvalue weighted by molar-refractivity contribution is 7.21. The lowest BCUT2D eigenvalue weighted by atomic mass is 9.99. The summed E-state index contributed by atoms with van der Waals surface area (Å²) in [6, 6.07) is 54.7. The number of carbonyl (C=O) groups excluding carboxylic acids is 1. The number of ketones is 1. The minimum atomic E-state index is -1.62. The minimum absolute atomic E-state index is 0.0556. The molecule has 3 unspecified atom stereocenters. The Morgan fingerprint density at radius 1 is 0.387 bits per heavy atom. The highest BCUT2D eigenvalue weighted by Crippen LogP contribution is 2.44. The molecular formula is C105H83Cl2F2N25O10S6. The Morgan fingerprint density at radius 3 is 1.25 bits per heavy atom. The Labute approximate surface area is 883 Å². The van der Waals surface area contributed by atoms with Crippen LogP contribution in [0.5, 0.6) is 5.75 Å². The molecule has 0 fully saturated rings. The molecule has 0 aliphatic carbocycles. The van der Waals surface area contributed by atoms with Crippen LogP contribution in [0.4, 0.5) is 43.7 Å². The smallest absolute Gasteiger partial charge is 0.224 e. The lowest BCUT2D eigenvalue weighted by Crippen LogP contribution is -2.24. The summed E-state index contributed by atoms with van der Waals surface area (Å²) in [5.74, 6) is 10.0. The van der Waals surface area contributed by atoms with Crippen molar-refractivity contribution in [1.29, 1.82) is 0 Å². The van der Waals surface area contributed by atoms with Crippen molar-refractivity contribution >= 4 is 193 Å². The second-order valence-corrected chi connectivity index (χ2v) is 40.8. The first-order chi connectivity index (χ1) is 72.3. The van der Waals surface area contributed by atoms with E-state index >= 15 is 0 Å². The fourth-order valence-corrected chi connectivity index (χ4v) is 21.9. The van der Waals surface area contributed by atoms with Gasteiger partial charge in [-0.05, 0) is 230 Å². The normalized spacial score (nSPS) is 12.1. The van der Waals surface area contributed by atoms with Crippen LogP contribution in [0.25, 0.3) is 131 Å². The van der Waals surface area contributed by atoms with Gasteiger partial charge in [-0.25, -0.2) is 73.6 Å². The van der Waals surface area contributed by atoms with Gasteiger partial charge in [0.2, 0.25) is 5.78 Å². The molecule has 0 aliphatic rings. The molecule has 45 heteroatoms. The van der Waals surface area contributed by atoms with Crippen LogP contribution < -0.4 is 39.1 Å². The predicted octanol–water partition coefficient (Wildman–Crippen LogP) is 22.6. The number of methoxy groups -OCH3 is 1. The zero-order valence-corrected chi connectivity index (χ0v) is 86.5. The van der Waals surface area contributed by atoms with Crippen LogP contribution in [0.15, 0.2) is 254 Å². The van der Waals surface area contributed by atoms with Crippen molar-refractivity contribution in [1.82, 2.24) is 94.7 Å². The first kappa shape index (κ1) is 102. The van der Waals surface area contributed by atoms with Gasteiger partial charge in [0, 0.05) is 97.6 Å². The molecule has 24 heterocycles. The number of nitrogen functional groups attached to an aromatic ring is 6. The summed E-state index contributed by atoms with van der Waals surface area (Å²) in [4.78, 5) is 103. The van der Waals surface area contributed by atoms with E-state index in [0.717, 1.165) is 94.5 Å². The van der Waals surface area contributed by atoms with E-state index in [9.17, 15) is 28.9 Å². The van der Waals surface area contributed by atoms with Crippen molar-refractivity contribution in [3.8, 4) is 75.1 Å². The van der Waals surface area contributed by atoms with Gasteiger partial charge in [-0.2, -0.15) is 0 Å². The van der Waals surface area contributed by atoms with Crippen molar-refractivity contribution in [2.24, 2.45) is 0 Å². The number of furan rings is 5. The number of thiophene rings is 6. The molecule has 24 aromatic heterocycles. The largest absolute Gasteiger partial charge is 0.495 e. The third-order valence-corrected chi connectivity index (χ3v) is 29.8. The van der Waals surface area contributed by atoms with Gasteiger partial charge in [-0.1, -0.05) is 29.3 Å². The number of nitrogens with zero attached hydrogens (tertiary/aromatic N) is 19. The summed E-state index contributed by atoms with van der Waals surface area (Å²) < 4.78 is 61.0. The number of aliphatic hydroxyl groups excluding tert-OH is 2. The monoisotopic (exact) mass is 2150 g/mol. The molecule has 3 atom stereocenters. The van der Waals surface area contributed by atoms with Crippen molar-refractivity contribution in [2.75, 3.05) is 41.5 Å². The summed E-state index contributed by atoms with van der Waals surface area (Å²) in [6.45, 7) is 12.7. The molecule has 0 aromatic carbocycles. The van der Waals surface area contributed by atoms with Crippen molar-refractivity contribution in [2.45, 2.75) is 79.1 Å². The molecule has 150 heavy (non-hydrogen) atoms. The number of carbonyl (C=O) groups is 1. The van der Waals surface area contributed by atoms with Gasteiger partial charge < -0.3 is 76.5 Å². The van der Waals surface area contributed by atoms with Crippen molar-refractivity contribution < 1.29 is 55.7 Å². The number of fused-ring (bicyclic) bond motifs is 6. The third-order valence-electron chi connectivity index (χ3n) is 22.7. The third kappa shape index (κ3) is 22.4. The Bertz CT molecular complexity index is 9140. The van der Waals surface area contributed by atoms with Crippen LogP contribution in [0.1, 0.15) is 122 Å². The van der Waals surface area contributed by atoms with E-state index in [-0.39, 0.29) is 23.0 Å². The highest BCUT2D eigenvalue weighted by atomic mass is 35.5. The first-order valence-electron chi connectivity index (χ1n) is 45.4. The van der Waals surface area contributed by atoms with Crippen LogP contribution >= 0.6 is 91.2 Å². The Morgan fingerprint density at radius 2 is 0.787 bits per heavy atom.